The Morgan fingerprint density at radius 1 is 0.974 bits per heavy atom. The van der Waals surface area contributed by atoms with Gasteiger partial charge < -0.3 is 19.7 Å². The van der Waals surface area contributed by atoms with Crippen LogP contribution in [0.4, 0.5) is 4.39 Å². The summed E-state index contributed by atoms with van der Waals surface area (Å²) in [5, 5.41) is 18.5. The van der Waals surface area contributed by atoms with E-state index in [0.717, 1.165) is 47.9 Å². The van der Waals surface area contributed by atoms with Crippen LogP contribution in [0, 0.1) is 11.7 Å². The summed E-state index contributed by atoms with van der Waals surface area (Å²) in [6.45, 7) is 6.46. The van der Waals surface area contributed by atoms with Gasteiger partial charge in [-0.2, -0.15) is 0 Å². The maximum atomic E-state index is 14.8. The standard InChI is InChI=1S/C32H41FO6/c1-4-5-6-7-8-25-13-14-26(17-30(25)33)23-9-11-24(12-10-23)27-15-28(38-31(36)21(2)19-34)18-29(16-27)39-32(37)22(3)20-35/h9-14,17,22,27-29,34-35H,2,4-8,15-16,18-20H2,1,3H3. The van der Waals surface area contributed by atoms with Crippen LogP contribution in [0.25, 0.3) is 11.1 Å². The van der Waals surface area contributed by atoms with E-state index in [-0.39, 0.29) is 23.9 Å². The molecule has 0 aliphatic heterocycles. The van der Waals surface area contributed by atoms with E-state index in [9.17, 15) is 24.2 Å². The fraction of sp³-hybridized carbons (Fsp3) is 0.500. The molecule has 0 saturated heterocycles. The Bertz CT molecular complexity index is 1110. The number of benzene rings is 2. The zero-order chi connectivity index (χ0) is 28.4. The maximum Gasteiger partial charge on any atom is 0.336 e. The van der Waals surface area contributed by atoms with Crippen molar-refractivity contribution in [3.05, 3.63) is 71.6 Å². The first-order chi connectivity index (χ1) is 18.7. The van der Waals surface area contributed by atoms with Gasteiger partial charge >= 0.3 is 11.9 Å². The van der Waals surface area contributed by atoms with Crippen LogP contribution in [0.5, 0.6) is 0 Å². The zero-order valence-electron chi connectivity index (χ0n) is 23.0. The molecule has 1 saturated carbocycles. The third-order valence-electron chi connectivity index (χ3n) is 7.40. The molecule has 2 aromatic carbocycles. The summed E-state index contributed by atoms with van der Waals surface area (Å²) < 4.78 is 26.0. The molecule has 3 rings (SSSR count). The number of carbonyl (C=O) groups excluding carboxylic acids is 2. The lowest BCUT2D eigenvalue weighted by molar-refractivity contribution is -0.161. The summed E-state index contributed by atoms with van der Waals surface area (Å²) >= 11 is 0. The summed E-state index contributed by atoms with van der Waals surface area (Å²) in [5.41, 5.74) is 3.40. The average molecular weight is 541 g/mol. The van der Waals surface area contributed by atoms with Crippen molar-refractivity contribution in [2.24, 2.45) is 5.92 Å². The van der Waals surface area contributed by atoms with Gasteiger partial charge in [0.1, 0.15) is 18.0 Å². The van der Waals surface area contributed by atoms with E-state index in [1.54, 1.807) is 13.0 Å². The minimum atomic E-state index is -0.678. The highest BCUT2D eigenvalue weighted by atomic mass is 19.1. The van der Waals surface area contributed by atoms with Crippen LogP contribution < -0.4 is 0 Å². The van der Waals surface area contributed by atoms with Crippen LogP contribution >= 0.6 is 0 Å². The number of unbranched alkanes of at least 4 members (excludes halogenated alkanes) is 3. The highest BCUT2D eigenvalue weighted by Gasteiger charge is 2.35. The van der Waals surface area contributed by atoms with Crippen molar-refractivity contribution in [3.8, 4) is 11.1 Å². The number of esters is 2. The molecule has 0 aromatic heterocycles. The second-order valence-corrected chi connectivity index (χ2v) is 10.6. The number of halogens is 1. The molecular weight excluding hydrogens is 499 g/mol. The highest BCUT2D eigenvalue weighted by Crippen LogP contribution is 2.37. The number of ether oxygens (including phenoxy) is 2. The lowest BCUT2D eigenvalue weighted by Crippen LogP contribution is -2.36. The fourth-order valence-corrected chi connectivity index (χ4v) is 4.95. The molecule has 2 aromatic rings. The molecule has 4 unspecified atom stereocenters. The first-order valence-electron chi connectivity index (χ1n) is 13.9. The number of aliphatic hydroxyl groups is 2. The molecule has 0 amide bonds. The van der Waals surface area contributed by atoms with E-state index in [2.05, 4.69) is 13.5 Å². The van der Waals surface area contributed by atoms with Gasteiger partial charge in [-0.25, -0.2) is 9.18 Å². The Morgan fingerprint density at radius 2 is 1.64 bits per heavy atom. The first kappa shape index (κ1) is 30.5. The molecule has 4 atom stereocenters. The molecule has 0 heterocycles. The van der Waals surface area contributed by atoms with Crippen LogP contribution in [-0.2, 0) is 25.5 Å². The lowest BCUT2D eigenvalue weighted by Gasteiger charge is -2.35. The van der Waals surface area contributed by atoms with Crippen molar-refractivity contribution < 1.29 is 33.7 Å². The topological polar surface area (TPSA) is 93.1 Å². The van der Waals surface area contributed by atoms with Crippen LogP contribution in [0.15, 0.2) is 54.6 Å². The van der Waals surface area contributed by atoms with Crippen LogP contribution in [0.2, 0.25) is 0 Å². The molecule has 0 spiro atoms. The number of carbonyl (C=O) groups is 2. The van der Waals surface area contributed by atoms with Gasteiger partial charge in [0, 0.05) is 6.42 Å². The summed E-state index contributed by atoms with van der Waals surface area (Å²) in [6, 6.07) is 13.3. The molecular formula is C32H41FO6. The van der Waals surface area contributed by atoms with Crippen molar-refractivity contribution in [3.63, 3.8) is 0 Å². The van der Waals surface area contributed by atoms with Crippen molar-refractivity contribution in [1.29, 1.82) is 0 Å². The summed E-state index contributed by atoms with van der Waals surface area (Å²) in [4.78, 5) is 24.6. The number of aliphatic hydroxyl groups excluding tert-OH is 2. The predicted octanol–water partition coefficient (Wildman–Crippen LogP) is 5.88. The van der Waals surface area contributed by atoms with Crippen molar-refractivity contribution in [2.75, 3.05) is 13.2 Å². The minimum absolute atomic E-state index is 0.0388. The molecule has 7 heteroatoms. The molecule has 0 bridgehead atoms. The van der Waals surface area contributed by atoms with Crippen molar-refractivity contribution in [1.82, 2.24) is 0 Å². The Balaban J connectivity index is 1.73. The smallest absolute Gasteiger partial charge is 0.336 e. The second kappa shape index (κ2) is 14.9. The van der Waals surface area contributed by atoms with Gasteiger partial charge in [0.15, 0.2) is 0 Å². The van der Waals surface area contributed by atoms with E-state index in [0.29, 0.717) is 19.3 Å². The summed E-state index contributed by atoms with van der Waals surface area (Å²) in [5.74, 6) is -2.07. The Labute approximate surface area is 230 Å². The van der Waals surface area contributed by atoms with Gasteiger partial charge in [0.25, 0.3) is 0 Å². The zero-order valence-corrected chi connectivity index (χ0v) is 23.0. The normalized spacial score (nSPS) is 19.8. The van der Waals surface area contributed by atoms with E-state index in [1.165, 1.54) is 6.42 Å². The van der Waals surface area contributed by atoms with Crippen LogP contribution in [-0.4, -0.2) is 47.6 Å². The van der Waals surface area contributed by atoms with Gasteiger partial charge in [0.05, 0.1) is 24.7 Å². The minimum Gasteiger partial charge on any atom is -0.462 e. The molecule has 1 aliphatic rings. The summed E-state index contributed by atoms with van der Waals surface area (Å²) in [6.07, 6.45) is 5.52. The molecule has 6 nitrogen and oxygen atoms in total. The van der Waals surface area contributed by atoms with Crippen LogP contribution in [0.1, 0.15) is 75.8 Å². The SMILES string of the molecule is C=C(CO)C(=O)OC1CC(OC(=O)C(C)CO)CC(c2ccc(-c3ccc(CCCCCC)c(F)c3)cc2)C1. The van der Waals surface area contributed by atoms with Crippen molar-refractivity contribution in [2.45, 2.75) is 83.3 Å². The third kappa shape index (κ3) is 8.73. The predicted molar refractivity (Wildman–Crippen MR) is 149 cm³/mol. The highest BCUT2D eigenvalue weighted by molar-refractivity contribution is 5.88. The maximum absolute atomic E-state index is 14.8. The molecule has 1 aliphatic carbocycles. The number of rotatable bonds is 13. The molecule has 2 N–H and O–H groups in total. The molecule has 0 radical (unpaired) electrons. The lowest BCUT2D eigenvalue weighted by atomic mass is 9.80. The fourth-order valence-electron chi connectivity index (χ4n) is 4.95. The van der Waals surface area contributed by atoms with Crippen LogP contribution in [0.3, 0.4) is 0 Å². The van der Waals surface area contributed by atoms with Gasteiger partial charge in [-0.1, -0.05) is 69.2 Å². The third-order valence-corrected chi connectivity index (χ3v) is 7.40. The largest absolute Gasteiger partial charge is 0.462 e. The van der Waals surface area contributed by atoms with E-state index in [1.807, 2.05) is 36.4 Å². The molecule has 1 fully saturated rings. The van der Waals surface area contributed by atoms with Gasteiger partial charge in [0.2, 0.25) is 0 Å². The Morgan fingerprint density at radius 3 is 2.26 bits per heavy atom. The van der Waals surface area contributed by atoms with Gasteiger partial charge in [-0.3, -0.25) is 4.79 Å². The molecule has 39 heavy (non-hydrogen) atoms. The van der Waals surface area contributed by atoms with Gasteiger partial charge in [-0.05, 0) is 66.8 Å². The van der Waals surface area contributed by atoms with Crippen molar-refractivity contribution >= 4 is 11.9 Å². The van der Waals surface area contributed by atoms with E-state index in [4.69, 9.17) is 9.47 Å². The first-order valence-corrected chi connectivity index (χ1v) is 13.9. The van der Waals surface area contributed by atoms with E-state index < -0.39 is 36.7 Å². The number of hydrogen-bond donors (Lipinski definition) is 2. The summed E-state index contributed by atoms with van der Waals surface area (Å²) in [7, 11) is 0. The number of hydrogen-bond acceptors (Lipinski definition) is 6. The van der Waals surface area contributed by atoms with E-state index >= 15 is 0 Å². The Hall–Kier alpha value is -3.03. The second-order valence-electron chi connectivity index (χ2n) is 10.6. The van der Waals surface area contributed by atoms with Gasteiger partial charge in [-0.15, -0.1) is 0 Å². The Kier molecular flexibility index (Phi) is 11.7. The quantitative estimate of drug-likeness (QED) is 0.187. The monoisotopic (exact) mass is 540 g/mol. The molecule has 212 valence electrons. The average Bonchev–Trinajstić information content (AvgIpc) is 2.94. The number of aryl methyl sites for hydroxylation is 1.